The van der Waals surface area contributed by atoms with Crippen LogP contribution in [0.2, 0.25) is 0 Å². The van der Waals surface area contributed by atoms with Crippen LogP contribution in [-0.4, -0.2) is 19.1 Å². The molecule has 17 heavy (non-hydrogen) atoms. The molecule has 2 aromatic heterocycles. The average molecular weight is 231 g/mol. The molecule has 4 nitrogen and oxygen atoms in total. The zero-order valence-electron chi connectivity index (χ0n) is 10.3. The molecular formula is C13H17N3O. The van der Waals surface area contributed by atoms with E-state index in [2.05, 4.69) is 4.98 Å². The van der Waals surface area contributed by atoms with Gasteiger partial charge in [-0.1, -0.05) is 6.07 Å². The van der Waals surface area contributed by atoms with Gasteiger partial charge in [-0.05, 0) is 30.2 Å². The second kappa shape index (κ2) is 4.59. The van der Waals surface area contributed by atoms with Crippen LogP contribution in [0, 0.1) is 6.92 Å². The Bertz CT molecular complexity index is 488. The van der Waals surface area contributed by atoms with Gasteiger partial charge in [0.25, 0.3) is 0 Å². The number of nitrogens with two attached hydrogens (primary N) is 1. The number of nitrogens with zero attached hydrogens (tertiary/aromatic N) is 2. The molecule has 90 valence electrons. The lowest BCUT2D eigenvalue weighted by Gasteiger charge is -2.14. The normalized spacial score (nSPS) is 12.5. The van der Waals surface area contributed by atoms with Crippen LogP contribution in [0.5, 0.6) is 0 Å². The zero-order valence-corrected chi connectivity index (χ0v) is 10.3. The molecule has 0 aliphatic rings. The van der Waals surface area contributed by atoms with Gasteiger partial charge in [-0.3, -0.25) is 0 Å². The minimum absolute atomic E-state index is 0.256. The van der Waals surface area contributed by atoms with E-state index in [0.717, 1.165) is 22.7 Å². The lowest BCUT2D eigenvalue weighted by atomic mass is 10.1. The summed E-state index contributed by atoms with van der Waals surface area (Å²) < 4.78 is 5.39. The third-order valence-corrected chi connectivity index (χ3v) is 2.77. The maximum atomic E-state index is 6.14. The van der Waals surface area contributed by atoms with Gasteiger partial charge in [0.15, 0.2) is 0 Å². The van der Waals surface area contributed by atoms with Gasteiger partial charge in [0, 0.05) is 20.3 Å². The van der Waals surface area contributed by atoms with Crippen molar-refractivity contribution in [2.45, 2.75) is 13.0 Å². The van der Waals surface area contributed by atoms with Crippen LogP contribution in [0.4, 0.5) is 5.82 Å². The van der Waals surface area contributed by atoms with Crippen LogP contribution >= 0.6 is 0 Å². The van der Waals surface area contributed by atoms with E-state index in [1.807, 2.05) is 44.1 Å². The monoisotopic (exact) mass is 231 g/mol. The van der Waals surface area contributed by atoms with Crippen LogP contribution in [0.3, 0.4) is 0 Å². The summed E-state index contributed by atoms with van der Waals surface area (Å²) in [6.07, 6.45) is 3.45. The second-order valence-electron chi connectivity index (χ2n) is 4.29. The standard InChI is InChI=1S/C13H17N3O/c1-9-6-7-17-13(9)12(14)10-4-5-11(15-8-10)16(2)3/h4-8,12H,14H2,1-3H3. The zero-order chi connectivity index (χ0) is 12.4. The van der Waals surface area contributed by atoms with Crippen LogP contribution in [0.1, 0.15) is 22.9 Å². The summed E-state index contributed by atoms with van der Waals surface area (Å²) >= 11 is 0. The van der Waals surface area contributed by atoms with Gasteiger partial charge in [-0.25, -0.2) is 4.98 Å². The Morgan fingerprint density at radius 1 is 1.29 bits per heavy atom. The van der Waals surface area contributed by atoms with Crippen LogP contribution < -0.4 is 10.6 Å². The Kier molecular flexibility index (Phi) is 3.15. The van der Waals surface area contributed by atoms with Gasteiger partial charge in [-0.2, -0.15) is 0 Å². The van der Waals surface area contributed by atoms with Gasteiger partial charge in [0.05, 0.1) is 12.3 Å². The Morgan fingerprint density at radius 3 is 2.53 bits per heavy atom. The Morgan fingerprint density at radius 2 is 2.06 bits per heavy atom. The Hall–Kier alpha value is -1.81. The molecule has 0 spiro atoms. The average Bonchev–Trinajstić information content (AvgIpc) is 2.74. The van der Waals surface area contributed by atoms with E-state index in [-0.39, 0.29) is 6.04 Å². The van der Waals surface area contributed by atoms with E-state index in [9.17, 15) is 0 Å². The van der Waals surface area contributed by atoms with Gasteiger partial charge in [0.2, 0.25) is 0 Å². The van der Waals surface area contributed by atoms with Crippen molar-refractivity contribution in [3.05, 3.63) is 47.5 Å². The summed E-state index contributed by atoms with van der Waals surface area (Å²) in [6, 6.07) is 5.59. The van der Waals surface area contributed by atoms with Gasteiger partial charge >= 0.3 is 0 Å². The molecule has 2 N–H and O–H groups in total. The second-order valence-corrected chi connectivity index (χ2v) is 4.29. The predicted molar refractivity (Wildman–Crippen MR) is 68.0 cm³/mol. The number of anilines is 1. The van der Waals surface area contributed by atoms with Crippen molar-refractivity contribution in [3.8, 4) is 0 Å². The molecule has 1 unspecified atom stereocenters. The molecule has 0 saturated carbocycles. The molecule has 0 bridgehead atoms. The molecule has 2 aromatic rings. The number of pyridine rings is 1. The van der Waals surface area contributed by atoms with Crippen molar-refractivity contribution in [2.24, 2.45) is 5.73 Å². The molecule has 2 heterocycles. The number of aromatic nitrogens is 1. The highest BCUT2D eigenvalue weighted by atomic mass is 16.3. The third-order valence-electron chi connectivity index (χ3n) is 2.77. The van der Waals surface area contributed by atoms with Crippen molar-refractivity contribution in [3.63, 3.8) is 0 Å². The first-order valence-electron chi connectivity index (χ1n) is 5.52. The molecule has 0 aliphatic heterocycles. The van der Waals surface area contributed by atoms with Gasteiger partial charge < -0.3 is 15.1 Å². The number of rotatable bonds is 3. The van der Waals surface area contributed by atoms with Crippen molar-refractivity contribution < 1.29 is 4.42 Å². The van der Waals surface area contributed by atoms with Crippen LogP contribution in [0.25, 0.3) is 0 Å². The van der Waals surface area contributed by atoms with Crippen molar-refractivity contribution in [1.82, 2.24) is 4.98 Å². The largest absolute Gasteiger partial charge is 0.467 e. The quantitative estimate of drug-likeness (QED) is 0.878. The maximum Gasteiger partial charge on any atom is 0.127 e. The molecule has 2 rings (SSSR count). The Labute approximate surface area is 101 Å². The van der Waals surface area contributed by atoms with E-state index < -0.39 is 0 Å². The summed E-state index contributed by atoms with van der Waals surface area (Å²) in [5.41, 5.74) is 8.16. The fourth-order valence-electron chi connectivity index (χ4n) is 1.70. The lowest BCUT2D eigenvalue weighted by Crippen LogP contribution is -2.14. The molecule has 4 heteroatoms. The fourth-order valence-corrected chi connectivity index (χ4v) is 1.70. The summed E-state index contributed by atoms with van der Waals surface area (Å²) in [6.45, 7) is 1.99. The van der Waals surface area contributed by atoms with Crippen LogP contribution in [0.15, 0.2) is 35.1 Å². The predicted octanol–water partition coefficient (Wildman–Crippen LogP) is 2.10. The molecule has 1 atom stereocenters. The summed E-state index contributed by atoms with van der Waals surface area (Å²) in [5.74, 6) is 1.71. The molecule has 0 fully saturated rings. The van der Waals surface area contributed by atoms with Gasteiger partial charge in [0.1, 0.15) is 11.6 Å². The first-order chi connectivity index (χ1) is 8.09. The summed E-state index contributed by atoms with van der Waals surface area (Å²) in [5, 5.41) is 0. The third kappa shape index (κ3) is 2.31. The minimum atomic E-state index is -0.256. The first-order valence-corrected chi connectivity index (χ1v) is 5.52. The summed E-state index contributed by atoms with van der Waals surface area (Å²) in [7, 11) is 3.91. The van der Waals surface area contributed by atoms with E-state index in [1.165, 1.54) is 0 Å². The Balaban J connectivity index is 2.26. The molecular weight excluding hydrogens is 214 g/mol. The number of furan rings is 1. The van der Waals surface area contributed by atoms with Crippen molar-refractivity contribution in [2.75, 3.05) is 19.0 Å². The van der Waals surface area contributed by atoms with Gasteiger partial charge in [-0.15, -0.1) is 0 Å². The highest BCUT2D eigenvalue weighted by Crippen LogP contribution is 2.23. The van der Waals surface area contributed by atoms with E-state index in [1.54, 1.807) is 12.5 Å². The molecule has 0 amide bonds. The smallest absolute Gasteiger partial charge is 0.127 e. The van der Waals surface area contributed by atoms with E-state index in [4.69, 9.17) is 10.2 Å². The van der Waals surface area contributed by atoms with Crippen molar-refractivity contribution >= 4 is 5.82 Å². The van der Waals surface area contributed by atoms with Crippen molar-refractivity contribution in [1.29, 1.82) is 0 Å². The number of hydrogen-bond donors (Lipinski definition) is 1. The maximum absolute atomic E-state index is 6.14. The first kappa shape index (κ1) is 11.7. The van der Waals surface area contributed by atoms with Crippen LogP contribution in [-0.2, 0) is 0 Å². The lowest BCUT2D eigenvalue weighted by molar-refractivity contribution is 0.486. The minimum Gasteiger partial charge on any atom is -0.467 e. The SMILES string of the molecule is Cc1ccoc1C(N)c1ccc(N(C)C)nc1. The molecule has 0 aliphatic carbocycles. The van der Waals surface area contributed by atoms with E-state index >= 15 is 0 Å². The molecule has 0 saturated heterocycles. The summed E-state index contributed by atoms with van der Waals surface area (Å²) in [4.78, 5) is 6.29. The number of aryl methyl sites for hydroxylation is 1. The molecule has 0 aromatic carbocycles. The highest BCUT2D eigenvalue weighted by molar-refractivity contribution is 5.39. The number of hydrogen-bond acceptors (Lipinski definition) is 4. The highest BCUT2D eigenvalue weighted by Gasteiger charge is 2.15. The van der Waals surface area contributed by atoms with E-state index in [0.29, 0.717) is 0 Å². The topological polar surface area (TPSA) is 55.3 Å². The fraction of sp³-hybridized carbons (Fsp3) is 0.308. The molecule has 0 radical (unpaired) electrons.